The second kappa shape index (κ2) is 7.26. The maximum absolute atomic E-state index is 4.64. The molecule has 20 heavy (non-hydrogen) atoms. The summed E-state index contributed by atoms with van der Waals surface area (Å²) < 4.78 is 2.01. The number of aryl methyl sites for hydroxylation is 2. The van der Waals surface area contributed by atoms with Crippen molar-refractivity contribution in [1.82, 2.24) is 4.98 Å². The first-order chi connectivity index (χ1) is 9.53. The van der Waals surface area contributed by atoms with Gasteiger partial charge in [0, 0.05) is 0 Å². The fourth-order valence-electron chi connectivity index (χ4n) is 2.20. The molecule has 0 saturated heterocycles. The molecule has 0 bridgehead atoms. The van der Waals surface area contributed by atoms with E-state index in [4.69, 9.17) is 0 Å². The molecule has 0 spiro atoms. The summed E-state index contributed by atoms with van der Waals surface area (Å²) >= 11 is -0.504. The van der Waals surface area contributed by atoms with E-state index in [0.29, 0.717) is 3.43 Å². The topological polar surface area (TPSA) is 12.9 Å². The van der Waals surface area contributed by atoms with E-state index < -0.39 is 21.1 Å². The van der Waals surface area contributed by atoms with Crippen LogP contribution in [-0.2, 0) is 12.8 Å². The van der Waals surface area contributed by atoms with E-state index in [9.17, 15) is 0 Å². The van der Waals surface area contributed by atoms with Gasteiger partial charge in [-0.15, -0.1) is 0 Å². The van der Waals surface area contributed by atoms with Gasteiger partial charge in [0.25, 0.3) is 0 Å². The molecule has 0 N–H and O–H groups in total. The Morgan fingerprint density at radius 2 is 1.70 bits per heavy atom. The van der Waals surface area contributed by atoms with Crippen LogP contribution in [0.3, 0.4) is 0 Å². The van der Waals surface area contributed by atoms with Gasteiger partial charge in [-0.2, -0.15) is 0 Å². The average Bonchev–Trinajstić information content (AvgIpc) is 2.40. The Hall–Kier alpha value is -0.831. The van der Waals surface area contributed by atoms with Crippen molar-refractivity contribution in [2.75, 3.05) is 0 Å². The molecule has 1 nitrogen and oxygen atoms in total. The summed E-state index contributed by atoms with van der Waals surface area (Å²) in [5.41, 5.74) is 2.66. The fraction of sp³-hybridized carbons (Fsp3) is 0.389. The molecule has 0 aliphatic carbocycles. The van der Waals surface area contributed by atoms with Crippen molar-refractivity contribution in [2.45, 2.75) is 43.5 Å². The predicted octanol–water partition coefficient (Wildman–Crippen LogP) is 3.80. The van der Waals surface area contributed by atoms with Gasteiger partial charge < -0.3 is 0 Å². The molecule has 0 fully saturated rings. The predicted molar refractivity (Wildman–Crippen MR) is 87.8 cm³/mol. The van der Waals surface area contributed by atoms with Crippen molar-refractivity contribution >= 4 is 24.7 Å². The molecular formula is C18H23NSn. The molecule has 0 atom stereocenters. The van der Waals surface area contributed by atoms with Crippen LogP contribution in [0, 0.1) is 0 Å². The Labute approximate surface area is 133 Å². The molecule has 1 heterocycles. The summed E-state index contributed by atoms with van der Waals surface area (Å²) in [4.78, 5) is 4.64. The van der Waals surface area contributed by atoms with Gasteiger partial charge in [-0.05, 0) is 0 Å². The standard InChI is InChI=1S/C14H14N.C4H9.Sn/c1-2-7-13(8-3-1)9-6-11-14-10-4-5-12-15-14;1-4(2)3;/h1-4,7-8,10,12H,6,9,11H2;1-3H3;. The van der Waals surface area contributed by atoms with Crippen LogP contribution in [0.4, 0.5) is 0 Å². The number of rotatable bonds is 5. The molecule has 0 unspecified atom stereocenters. The minimum atomic E-state index is -0.504. The average molecular weight is 372 g/mol. The quantitative estimate of drug-likeness (QED) is 0.728. The number of pyridine rings is 1. The fourth-order valence-corrected chi connectivity index (χ4v) is 5.51. The van der Waals surface area contributed by atoms with Crippen molar-refractivity contribution < 1.29 is 0 Å². The van der Waals surface area contributed by atoms with E-state index in [1.807, 2.05) is 0 Å². The van der Waals surface area contributed by atoms with E-state index >= 15 is 0 Å². The van der Waals surface area contributed by atoms with Crippen molar-refractivity contribution in [2.24, 2.45) is 0 Å². The van der Waals surface area contributed by atoms with E-state index in [1.54, 1.807) is 0 Å². The van der Waals surface area contributed by atoms with Crippen molar-refractivity contribution in [3.05, 3.63) is 59.9 Å². The zero-order valence-electron chi connectivity index (χ0n) is 12.7. The monoisotopic (exact) mass is 373 g/mol. The van der Waals surface area contributed by atoms with Gasteiger partial charge in [-0.1, -0.05) is 0 Å². The van der Waals surface area contributed by atoms with E-state index in [2.05, 4.69) is 74.4 Å². The molecule has 1 aromatic heterocycles. The molecule has 104 valence electrons. The Morgan fingerprint density at radius 3 is 2.30 bits per heavy atom. The molecule has 0 saturated carbocycles. The first-order valence-corrected chi connectivity index (χ1v) is 10.2. The summed E-state index contributed by atoms with van der Waals surface area (Å²) in [6.45, 7) is 7.02. The summed E-state index contributed by atoms with van der Waals surface area (Å²) in [5.74, 6) is 0. The second-order valence-corrected chi connectivity index (χ2v) is 12.9. The maximum atomic E-state index is 4.64. The molecule has 0 aliphatic rings. The van der Waals surface area contributed by atoms with Crippen LogP contribution in [0.2, 0.25) is 3.43 Å². The van der Waals surface area contributed by atoms with Gasteiger partial charge in [0.05, 0.1) is 0 Å². The third-order valence-electron chi connectivity index (χ3n) is 3.09. The van der Waals surface area contributed by atoms with Crippen LogP contribution in [0.15, 0.2) is 48.7 Å². The third-order valence-corrected chi connectivity index (χ3v) is 6.89. The van der Waals surface area contributed by atoms with E-state index in [1.165, 1.54) is 21.3 Å². The molecule has 2 heteroatoms. The number of benzene rings is 1. The van der Waals surface area contributed by atoms with Crippen LogP contribution >= 0.6 is 0 Å². The van der Waals surface area contributed by atoms with Gasteiger partial charge in [-0.3, -0.25) is 0 Å². The molecule has 2 aromatic rings. The van der Waals surface area contributed by atoms with Crippen LogP contribution in [0.25, 0.3) is 0 Å². The summed E-state index contributed by atoms with van der Waals surface area (Å²) in [5, 5.41) is 0. The van der Waals surface area contributed by atoms with Crippen molar-refractivity contribution in [1.29, 1.82) is 0 Å². The molecule has 1 aromatic carbocycles. The Kier molecular flexibility index (Phi) is 5.64. The number of hydrogen-bond donors (Lipinski definition) is 0. The first kappa shape index (κ1) is 15.6. The third kappa shape index (κ3) is 5.66. The van der Waals surface area contributed by atoms with Crippen LogP contribution in [0.1, 0.15) is 38.4 Å². The minimum absolute atomic E-state index is 0.500. The van der Waals surface area contributed by atoms with Gasteiger partial charge in [0.15, 0.2) is 0 Å². The number of aromatic nitrogens is 1. The summed E-state index contributed by atoms with van der Waals surface area (Å²) in [6, 6.07) is 15.2. The number of nitrogens with zero attached hydrogens (tertiary/aromatic N) is 1. The summed E-state index contributed by atoms with van der Waals surface area (Å²) in [7, 11) is 0. The van der Waals surface area contributed by atoms with E-state index in [0.717, 1.165) is 12.8 Å². The summed E-state index contributed by atoms with van der Waals surface area (Å²) in [6.07, 6.45) is 5.52. The Balaban J connectivity index is 1.82. The van der Waals surface area contributed by atoms with Gasteiger partial charge in [0.2, 0.25) is 0 Å². The Morgan fingerprint density at radius 1 is 0.950 bits per heavy atom. The van der Waals surface area contributed by atoms with Crippen LogP contribution < -0.4 is 3.58 Å². The molecule has 0 amide bonds. The zero-order valence-corrected chi connectivity index (χ0v) is 15.5. The molecule has 2 rings (SSSR count). The zero-order chi connectivity index (χ0) is 14.4. The molecule has 2 radical (unpaired) electrons. The number of hydrogen-bond acceptors (Lipinski definition) is 1. The SMILES string of the molecule is C[C](C)(C)[Sn][c]1ccc(CCCc2ccccc2)nc1. The van der Waals surface area contributed by atoms with Gasteiger partial charge >= 0.3 is 133 Å². The first-order valence-electron chi connectivity index (χ1n) is 7.30. The normalized spacial score (nSPS) is 11.6. The second-order valence-electron chi connectivity index (χ2n) is 6.25. The van der Waals surface area contributed by atoms with Crippen molar-refractivity contribution in [3.8, 4) is 0 Å². The van der Waals surface area contributed by atoms with E-state index in [-0.39, 0.29) is 0 Å². The van der Waals surface area contributed by atoms with Gasteiger partial charge in [-0.25, -0.2) is 0 Å². The Bertz CT molecular complexity index is 511. The van der Waals surface area contributed by atoms with Crippen LogP contribution in [0.5, 0.6) is 0 Å². The molecular weight excluding hydrogens is 349 g/mol. The van der Waals surface area contributed by atoms with Crippen LogP contribution in [-0.4, -0.2) is 26.1 Å². The molecule has 0 aliphatic heterocycles. The van der Waals surface area contributed by atoms with Crippen molar-refractivity contribution in [3.63, 3.8) is 0 Å². The van der Waals surface area contributed by atoms with Gasteiger partial charge in [0.1, 0.15) is 0 Å².